The number of methoxy groups -OCH3 is 1. The third-order valence-electron chi connectivity index (χ3n) is 5.93. The van der Waals surface area contributed by atoms with Crippen molar-refractivity contribution in [2.24, 2.45) is 11.1 Å². The minimum Gasteiger partial charge on any atom is -0.465 e. The second kappa shape index (κ2) is 6.58. The molecule has 1 aromatic rings. The molecular weight excluding hydrogens is 384 g/mol. The van der Waals surface area contributed by atoms with Gasteiger partial charge >= 0.3 is 5.97 Å². The number of hydrogen-bond acceptors (Lipinski definition) is 6. The third kappa shape index (κ3) is 2.47. The molecule has 0 radical (unpaired) electrons. The highest BCUT2D eigenvalue weighted by molar-refractivity contribution is 6.23. The number of rotatable bonds is 3. The molecule has 3 aliphatic rings. The molecule has 0 saturated carbocycles. The Morgan fingerprint density at radius 2 is 2.00 bits per heavy atom. The monoisotopic (exact) mass is 408 g/mol. The van der Waals surface area contributed by atoms with E-state index in [-0.39, 0.29) is 41.2 Å². The van der Waals surface area contributed by atoms with Gasteiger partial charge in [-0.05, 0) is 11.5 Å². The van der Waals surface area contributed by atoms with Crippen molar-refractivity contribution >= 4 is 23.3 Å². The molecule has 1 atom stereocenters. The summed E-state index contributed by atoms with van der Waals surface area (Å²) >= 11 is 0. The Bertz CT molecular complexity index is 1070. The van der Waals surface area contributed by atoms with Crippen LogP contribution in [0.2, 0.25) is 0 Å². The molecule has 30 heavy (non-hydrogen) atoms. The van der Waals surface area contributed by atoms with Gasteiger partial charge in [0.05, 0.1) is 12.7 Å². The smallest absolute Gasteiger partial charge is 0.340 e. The lowest BCUT2D eigenvalue weighted by molar-refractivity contribution is -0.139. The van der Waals surface area contributed by atoms with Crippen molar-refractivity contribution < 1.29 is 23.9 Å². The molecule has 7 nitrogen and oxygen atoms in total. The Balaban J connectivity index is 2.11. The highest BCUT2D eigenvalue weighted by Crippen LogP contribution is 2.57. The molecule has 156 valence electrons. The van der Waals surface area contributed by atoms with Crippen LogP contribution in [0.5, 0.6) is 0 Å². The summed E-state index contributed by atoms with van der Waals surface area (Å²) in [5.41, 5.74) is 5.30. The van der Waals surface area contributed by atoms with Crippen molar-refractivity contribution in [3.05, 3.63) is 65.3 Å². The Hall–Kier alpha value is -3.35. The molecule has 0 bridgehead atoms. The van der Waals surface area contributed by atoms with Gasteiger partial charge in [0.15, 0.2) is 5.78 Å². The molecule has 4 rings (SSSR count). The molecule has 2 aliphatic heterocycles. The number of ketones is 1. The van der Waals surface area contributed by atoms with Crippen molar-refractivity contribution in [3.63, 3.8) is 0 Å². The number of Topliss-reactive ketones (excluding diaryl/α,β-unsaturated/α-hetero) is 1. The van der Waals surface area contributed by atoms with E-state index in [1.165, 1.54) is 12.0 Å². The summed E-state index contributed by atoms with van der Waals surface area (Å²) in [4.78, 5) is 41.9. The lowest BCUT2D eigenvalue weighted by atomic mass is 9.62. The van der Waals surface area contributed by atoms with Gasteiger partial charge in [0.2, 0.25) is 11.8 Å². The maximum absolute atomic E-state index is 14.0. The third-order valence-corrected chi connectivity index (χ3v) is 5.93. The van der Waals surface area contributed by atoms with Crippen LogP contribution >= 0.6 is 0 Å². The summed E-state index contributed by atoms with van der Waals surface area (Å²) in [6, 6.07) is 7.09. The summed E-state index contributed by atoms with van der Waals surface area (Å²) in [6.07, 6.45) is 2.24. The van der Waals surface area contributed by atoms with Gasteiger partial charge in [0.25, 0.3) is 0 Å². The summed E-state index contributed by atoms with van der Waals surface area (Å²) < 4.78 is 10.8. The standard InChI is InChI=1S/C23H24N2O5/c1-5-10-25-14-9-7-6-8-13(14)23(21(25)28)17-15(26)11-22(2,3)12-16(17)30-19(24)18(23)20(27)29-4/h5-9H,1,10-12,24H2,2-4H3/t23-/m1/s1. The maximum Gasteiger partial charge on any atom is 0.340 e. The van der Waals surface area contributed by atoms with Crippen LogP contribution in [0.4, 0.5) is 5.69 Å². The van der Waals surface area contributed by atoms with E-state index in [0.29, 0.717) is 23.4 Å². The average molecular weight is 408 g/mol. The van der Waals surface area contributed by atoms with E-state index >= 15 is 0 Å². The number of hydrogen-bond donors (Lipinski definition) is 1. The average Bonchev–Trinajstić information content (AvgIpc) is 2.90. The molecular formula is C23H24N2O5. The topological polar surface area (TPSA) is 98.9 Å². The van der Waals surface area contributed by atoms with Crippen LogP contribution in [-0.2, 0) is 29.3 Å². The van der Waals surface area contributed by atoms with Crippen molar-refractivity contribution in [1.82, 2.24) is 0 Å². The zero-order valence-electron chi connectivity index (χ0n) is 17.3. The number of nitrogens with zero attached hydrogens (tertiary/aromatic N) is 1. The van der Waals surface area contributed by atoms with Gasteiger partial charge in [-0.1, -0.05) is 38.1 Å². The predicted octanol–water partition coefficient (Wildman–Crippen LogP) is 2.47. The SMILES string of the molecule is C=CCN1C(=O)[C@]2(C(C(=O)OC)=C(N)OC3=C2C(=O)CC(C)(C)C3)c2ccccc21. The zero-order valence-corrected chi connectivity index (χ0v) is 17.3. The van der Waals surface area contributed by atoms with E-state index in [4.69, 9.17) is 15.2 Å². The molecule has 1 spiro atoms. The lowest BCUT2D eigenvalue weighted by Gasteiger charge is -2.42. The number of benzene rings is 1. The molecule has 2 N–H and O–H groups in total. The highest BCUT2D eigenvalue weighted by Gasteiger charge is 2.64. The number of nitrogens with two attached hydrogens (primary N) is 1. The van der Waals surface area contributed by atoms with Crippen LogP contribution in [0.1, 0.15) is 32.3 Å². The Kier molecular flexibility index (Phi) is 4.38. The number of carbonyl (C=O) groups excluding carboxylic acids is 3. The van der Waals surface area contributed by atoms with Gasteiger partial charge in [0, 0.05) is 30.6 Å². The highest BCUT2D eigenvalue weighted by atomic mass is 16.5. The summed E-state index contributed by atoms with van der Waals surface area (Å²) in [5.74, 6) is -1.35. The molecule has 1 aliphatic carbocycles. The van der Waals surface area contributed by atoms with E-state index in [9.17, 15) is 14.4 Å². The van der Waals surface area contributed by atoms with Crippen LogP contribution in [0.15, 0.2) is 59.7 Å². The quantitative estimate of drug-likeness (QED) is 0.609. The van der Waals surface area contributed by atoms with Crippen LogP contribution in [0.25, 0.3) is 0 Å². The van der Waals surface area contributed by atoms with Gasteiger partial charge < -0.3 is 20.1 Å². The molecule has 7 heteroatoms. The van der Waals surface area contributed by atoms with E-state index in [1.54, 1.807) is 30.3 Å². The maximum atomic E-state index is 14.0. The Morgan fingerprint density at radius 3 is 2.67 bits per heavy atom. The van der Waals surface area contributed by atoms with Gasteiger partial charge in [-0.2, -0.15) is 0 Å². The van der Waals surface area contributed by atoms with E-state index in [1.807, 2.05) is 13.8 Å². The number of para-hydroxylation sites is 1. The number of anilines is 1. The van der Waals surface area contributed by atoms with Gasteiger partial charge in [-0.3, -0.25) is 9.59 Å². The number of amides is 1. The first-order chi connectivity index (χ1) is 14.2. The van der Waals surface area contributed by atoms with Gasteiger partial charge in [0.1, 0.15) is 16.7 Å². The van der Waals surface area contributed by atoms with E-state index in [2.05, 4.69) is 6.58 Å². The minimum absolute atomic E-state index is 0.152. The molecule has 0 aromatic heterocycles. The van der Waals surface area contributed by atoms with Gasteiger partial charge in [-0.15, -0.1) is 6.58 Å². The van der Waals surface area contributed by atoms with Crippen LogP contribution in [0, 0.1) is 5.41 Å². The first-order valence-corrected chi connectivity index (χ1v) is 9.74. The molecule has 0 unspecified atom stereocenters. The summed E-state index contributed by atoms with van der Waals surface area (Å²) in [6.45, 7) is 7.86. The number of fused-ring (bicyclic) bond motifs is 3. The molecule has 2 heterocycles. The predicted molar refractivity (Wildman–Crippen MR) is 110 cm³/mol. The van der Waals surface area contributed by atoms with E-state index < -0.39 is 17.3 Å². The number of esters is 1. The van der Waals surface area contributed by atoms with E-state index in [0.717, 1.165) is 0 Å². The van der Waals surface area contributed by atoms with Crippen molar-refractivity contribution in [1.29, 1.82) is 0 Å². The fraction of sp³-hybridized carbons (Fsp3) is 0.348. The van der Waals surface area contributed by atoms with Crippen LogP contribution < -0.4 is 10.6 Å². The van der Waals surface area contributed by atoms with Crippen LogP contribution in [-0.4, -0.2) is 31.3 Å². The van der Waals surface area contributed by atoms with Crippen molar-refractivity contribution in [2.45, 2.75) is 32.1 Å². The first-order valence-electron chi connectivity index (χ1n) is 9.74. The number of allylic oxidation sites excluding steroid dienone is 1. The Morgan fingerprint density at radius 1 is 1.30 bits per heavy atom. The summed E-state index contributed by atoms with van der Waals surface area (Å²) in [7, 11) is 1.21. The number of carbonyl (C=O) groups is 3. The Labute approximate surface area is 174 Å². The largest absolute Gasteiger partial charge is 0.465 e. The van der Waals surface area contributed by atoms with Crippen molar-refractivity contribution in [3.8, 4) is 0 Å². The van der Waals surface area contributed by atoms with Crippen LogP contribution in [0.3, 0.4) is 0 Å². The first kappa shape index (κ1) is 19.9. The lowest BCUT2D eigenvalue weighted by Crippen LogP contribution is -2.52. The molecule has 0 fully saturated rings. The molecule has 1 aromatic carbocycles. The number of ether oxygens (including phenoxy) is 2. The minimum atomic E-state index is -1.70. The fourth-order valence-corrected chi connectivity index (χ4v) is 4.87. The fourth-order valence-electron chi connectivity index (χ4n) is 4.87. The zero-order chi connectivity index (χ0) is 21.8. The molecule has 0 saturated heterocycles. The summed E-state index contributed by atoms with van der Waals surface area (Å²) in [5, 5.41) is 0. The van der Waals surface area contributed by atoms with Gasteiger partial charge in [-0.25, -0.2) is 4.79 Å². The molecule has 1 amide bonds. The second-order valence-corrected chi connectivity index (χ2v) is 8.54. The second-order valence-electron chi connectivity index (χ2n) is 8.54. The normalized spacial score (nSPS) is 24.6. The van der Waals surface area contributed by atoms with Crippen molar-refractivity contribution in [2.75, 3.05) is 18.6 Å².